The van der Waals surface area contributed by atoms with E-state index in [1.807, 2.05) is 12.3 Å². The molecular weight excluding hydrogens is 312 g/mol. The quantitative estimate of drug-likeness (QED) is 0.750. The van der Waals surface area contributed by atoms with Gasteiger partial charge in [-0.25, -0.2) is 18.4 Å². The van der Waals surface area contributed by atoms with Crippen molar-refractivity contribution in [3.05, 3.63) is 47.9 Å². The molecule has 0 fully saturated rings. The van der Waals surface area contributed by atoms with Crippen molar-refractivity contribution in [1.82, 2.24) is 15.0 Å². The first-order chi connectivity index (χ1) is 11.0. The fraction of sp³-hybridized carbons (Fsp3) is 0.250. The van der Waals surface area contributed by atoms with E-state index in [2.05, 4.69) is 27.2 Å². The van der Waals surface area contributed by atoms with Gasteiger partial charge in [0.05, 0.1) is 10.3 Å². The molecule has 0 aliphatic carbocycles. The predicted molar refractivity (Wildman–Crippen MR) is 90.1 cm³/mol. The van der Waals surface area contributed by atoms with Crippen LogP contribution in [0.15, 0.2) is 41.7 Å². The Balaban J connectivity index is 1.95. The van der Waals surface area contributed by atoms with Gasteiger partial charge in [-0.15, -0.1) is 0 Å². The first-order valence-corrected chi connectivity index (χ1v) is 9.22. The molecule has 0 aliphatic rings. The van der Waals surface area contributed by atoms with Crippen LogP contribution in [0.4, 0.5) is 5.82 Å². The lowest BCUT2D eigenvalue weighted by atomic mass is 10.2. The highest BCUT2D eigenvalue weighted by atomic mass is 32.2. The van der Waals surface area contributed by atoms with E-state index in [1.165, 1.54) is 12.6 Å². The molecule has 0 amide bonds. The summed E-state index contributed by atoms with van der Waals surface area (Å²) >= 11 is 0. The number of hydrogen-bond donors (Lipinski definition) is 2. The summed E-state index contributed by atoms with van der Waals surface area (Å²) in [5, 5.41) is 4.19. The van der Waals surface area contributed by atoms with Gasteiger partial charge in [-0.2, -0.15) is 0 Å². The number of anilines is 1. The fourth-order valence-corrected chi connectivity index (χ4v) is 3.57. The van der Waals surface area contributed by atoms with Gasteiger partial charge in [0.2, 0.25) is 0 Å². The van der Waals surface area contributed by atoms with Crippen LogP contribution in [0.2, 0.25) is 0 Å². The van der Waals surface area contributed by atoms with Crippen LogP contribution in [0.5, 0.6) is 0 Å². The highest BCUT2D eigenvalue weighted by Crippen LogP contribution is 2.24. The molecule has 0 saturated carbocycles. The molecule has 120 valence electrons. The number of benzene rings is 1. The Labute approximate surface area is 134 Å². The van der Waals surface area contributed by atoms with Crippen LogP contribution in [0.1, 0.15) is 18.1 Å². The molecule has 2 aromatic heterocycles. The molecule has 2 N–H and O–H groups in total. The van der Waals surface area contributed by atoms with E-state index in [0.717, 1.165) is 28.6 Å². The number of hydrogen-bond acceptors (Lipinski definition) is 5. The largest absolute Gasteiger partial charge is 0.365 e. The number of aromatic nitrogens is 3. The molecule has 1 aromatic carbocycles. The van der Waals surface area contributed by atoms with Gasteiger partial charge in [0.1, 0.15) is 17.8 Å². The predicted octanol–water partition coefficient (Wildman–Crippen LogP) is 2.54. The molecule has 3 aromatic rings. The normalized spacial score (nSPS) is 11.7. The van der Waals surface area contributed by atoms with Gasteiger partial charge in [-0.05, 0) is 23.6 Å². The lowest BCUT2D eigenvalue weighted by Gasteiger charge is -2.11. The van der Waals surface area contributed by atoms with Gasteiger partial charge in [0.15, 0.2) is 9.84 Å². The van der Waals surface area contributed by atoms with Crippen molar-refractivity contribution in [3.8, 4) is 0 Å². The highest BCUT2D eigenvalue weighted by Gasteiger charge is 2.14. The first-order valence-electron chi connectivity index (χ1n) is 7.33. The van der Waals surface area contributed by atoms with E-state index < -0.39 is 9.84 Å². The van der Waals surface area contributed by atoms with E-state index in [4.69, 9.17) is 0 Å². The first kappa shape index (κ1) is 15.5. The Bertz CT molecular complexity index is 948. The topological polar surface area (TPSA) is 87.7 Å². The van der Waals surface area contributed by atoms with Crippen molar-refractivity contribution < 1.29 is 8.42 Å². The third-order valence-corrected chi connectivity index (χ3v) is 4.95. The second kappa shape index (κ2) is 6.00. The van der Waals surface area contributed by atoms with Crippen LogP contribution in [-0.2, 0) is 22.8 Å². The SMILES string of the molecule is CCc1c[nH]c2ncnc(NCc3ccccc3S(C)(=O)=O)c12. The van der Waals surface area contributed by atoms with Crippen LogP contribution in [-0.4, -0.2) is 29.6 Å². The van der Waals surface area contributed by atoms with Gasteiger partial charge in [-0.1, -0.05) is 25.1 Å². The number of aryl methyl sites for hydroxylation is 1. The smallest absolute Gasteiger partial charge is 0.175 e. The molecular formula is C16H18N4O2S. The standard InChI is InChI=1S/C16H18N4O2S/c1-3-11-8-17-15-14(11)16(20-10-19-15)18-9-12-6-4-5-7-13(12)23(2,21)22/h4-8,10H,3,9H2,1-2H3,(H2,17,18,19,20). The van der Waals surface area contributed by atoms with Crippen LogP contribution in [0, 0.1) is 0 Å². The maximum absolute atomic E-state index is 11.9. The number of sulfone groups is 1. The molecule has 23 heavy (non-hydrogen) atoms. The van der Waals surface area contributed by atoms with Gasteiger partial charge in [-0.3, -0.25) is 0 Å². The minimum Gasteiger partial charge on any atom is -0.365 e. The number of fused-ring (bicyclic) bond motifs is 1. The molecule has 0 spiro atoms. The minimum absolute atomic E-state index is 0.336. The summed E-state index contributed by atoms with van der Waals surface area (Å²) in [6.07, 6.45) is 5.50. The maximum Gasteiger partial charge on any atom is 0.175 e. The molecule has 0 saturated heterocycles. The summed E-state index contributed by atoms with van der Waals surface area (Å²) in [5.74, 6) is 0.705. The van der Waals surface area contributed by atoms with Crippen LogP contribution in [0.25, 0.3) is 11.0 Å². The van der Waals surface area contributed by atoms with Crippen molar-refractivity contribution in [2.24, 2.45) is 0 Å². The Morgan fingerprint density at radius 2 is 1.96 bits per heavy atom. The molecule has 0 atom stereocenters. The van der Waals surface area contributed by atoms with Gasteiger partial charge in [0.25, 0.3) is 0 Å². The van der Waals surface area contributed by atoms with Crippen LogP contribution in [0.3, 0.4) is 0 Å². The minimum atomic E-state index is -3.26. The Hall–Kier alpha value is -2.41. The average molecular weight is 330 g/mol. The van der Waals surface area contributed by atoms with Crippen molar-refractivity contribution in [2.75, 3.05) is 11.6 Å². The van der Waals surface area contributed by atoms with Crippen molar-refractivity contribution in [3.63, 3.8) is 0 Å². The van der Waals surface area contributed by atoms with Crippen LogP contribution >= 0.6 is 0 Å². The average Bonchev–Trinajstić information content (AvgIpc) is 2.96. The van der Waals surface area contributed by atoms with E-state index in [0.29, 0.717) is 17.3 Å². The summed E-state index contributed by atoms with van der Waals surface area (Å²) in [4.78, 5) is 12.0. The summed E-state index contributed by atoms with van der Waals surface area (Å²) < 4.78 is 23.8. The third-order valence-electron chi connectivity index (χ3n) is 3.75. The number of nitrogens with one attached hydrogen (secondary N) is 2. The molecule has 3 rings (SSSR count). The Morgan fingerprint density at radius 3 is 2.70 bits per heavy atom. The maximum atomic E-state index is 11.9. The number of aromatic amines is 1. The molecule has 0 radical (unpaired) electrons. The zero-order valence-electron chi connectivity index (χ0n) is 13.0. The summed E-state index contributed by atoms with van der Waals surface area (Å²) in [7, 11) is -3.26. The lowest BCUT2D eigenvalue weighted by Crippen LogP contribution is -2.08. The molecule has 0 unspecified atom stereocenters. The van der Waals surface area contributed by atoms with E-state index >= 15 is 0 Å². The molecule has 7 heteroatoms. The zero-order chi connectivity index (χ0) is 16.4. The molecule has 6 nitrogen and oxygen atoms in total. The van der Waals surface area contributed by atoms with E-state index in [1.54, 1.807) is 18.2 Å². The fourth-order valence-electron chi connectivity index (χ4n) is 2.63. The summed E-state index contributed by atoms with van der Waals surface area (Å²) in [5.41, 5.74) is 2.62. The van der Waals surface area contributed by atoms with Gasteiger partial charge < -0.3 is 10.3 Å². The van der Waals surface area contributed by atoms with E-state index in [9.17, 15) is 8.42 Å². The second-order valence-corrected chi connectivity index (χ2v) is 7.33. The zero-order valence-corrected chi connectivity index (χ0v) is 13.8. The van der Waals surface area contributed by atoms with Crippen molar-refractivity contribution in [2.45, 2.75) is 24.8 Å². The number of nitrogens with zero attached hydrogens (tertiary/aromatic N) is 2. The monoisotopic (exact) mass is 330 g/mol. The Morgan fingerprint density at radius 1 is 1.17 bits per heavy atom. The highest BCUT2D eigenvalue weighted by molar-refractivity contribution is 7.90. The van der Waals surface area contributed by atoms with E-state index in [-0.39, 0.29) is 0 Å². The summed E-state index contributed by atoms with van der Waals surface area (Å²) in [6.45, 7) is 2.45. The summed E-state index contributed by atoms with van der Waals surface area (Å²) in [6, 6.07) is 6.98. The lowest BCUT2D eigenvalue weighted by molar-refractivity contribution is 0.601. The molecule has 0 aliphatic heterocycles. The van der Waals surface area contributed by atoms with Gasteiger partial charge >= 0.3 is 0 Å². The van der Waals surface area contributed by atoms with Crippen molar-refractivity contribution >= 4 is 26.7 Å². The second-order valence-electron chi connectivity index (χ2n) is 5.35. The van der Waals surface area contributed by atoms with Crippen LogP contribution < -0.4 is 5.32 Å². The number of H-pyrrole nitrogens is 1. The molecule has 0 bridgehead atoms. The molecule has 2 heterocycles. The van der Waals surface area contributed by atoms with Gasteiger partial charge in [0, 0.05) is 19.0 Å². The number of rotatable bonds is 5. The third kappa shape index (κ3) is 3.05. The Kier molecular flexibility index (Phi) is 4.04. The van der Waals surface area contributed by atoms with Crippen molar-refractivity contribution in [1.29, 1.82) is 0 Å².